The molecular formula is C22H26N4O4S2. The molecule has 0 saturated carbocycles. The predicted octanol–water partition coefficient (Wildman–Crippen LogP) is 3.21. The van der Waals surface area contributed by atoms with E-state index in [2.05, 4.69) is 48.3 Å². The summed E-state index contributed by atoms with van der Waals surface area (Å²) in [5.74, 6) is -0.746. The Morgan fingerprint density at radius 1 is 1.19 bits per heavy atom. The summed E-state index contributed by atoms with van der Waals surface area (Å²) >= 11 is 1.31. The molecule has 1 unspecified atom stereocenters. The van der Waals surface area contributed by atoms with Gasteiger partial charge in [0.15, 0.2) is 15.0 Å². The average Bonchev–Trinajstić information content (AvgIpc) is 3.34. The molecule has 1 fully saturated rings. The third-order valence-electron chi connectivity index (χ3n) is 5.65. The molecular weight excluding hydrogens is 448 g/mol. The van der Waals surface area contributed by atoms with Gasteiger partial charge in [-0.3, -0.25) is 14.9 Å². The van der Waals surface area contributed by atoms with Gasteiger partial charge < -0.3 is 0 Å². The average molecular weight is 475 g/mol. The molecule has 0 bridgehead atoms. The van der Waals surface area contributed by atoms with Crippen LogP contribution in [0.2, 0.25) is 0 Å². The summed E-state index contributed by atoms with van der Waals surface area (Å²) in [4.78, 5) is 29.5. The number of anilines is 1. The topological polar surface area (TPSA) is 109 Å². The lowest BCUT2D eigenvalue weighted by Crippen LogP contribution is -2.42. The van der Waals surface area contributed by atoms with Gasteiger partial charge in [0.05, 0.1) is 23.2 Å². The Morgan fingerprint density at radius 3 is 2.53 bits per heavy atom. The molecule has 1 atom stereocenters. The highest BCUT2D eigenvalue weighted by Gasteiger charge is 2.37. The summed E-state index contributed by atoms with van der Waals surface area (Å²) in [7, 11) is -3.16. The van der Waals surface area contributed by atoms with Crippen LogP contribution >= 0.6 is 11.3 Å². The molecule has 8 nitrogen and oxygen atoms in total. The molecule has 10 heteroatoms. The number of thiazole rings is 1. The molecule has 1 aromatic heterocycles. The number of nitrogens with zero attached hydrogens (tertiary/aromatic N) is 3. The molecule has 0 radical (unpaired) electrons. The Balaban J connectivity index is 1.46. The van der Waals surface area contributed by atoms with Gasteiger partial charge in [-0.05, 0) is 17.4 Å². The number of benzene rings is 1. The van der Waals surface area contributed by atoms with Gasteiger partial charge in [0.1, 0.15) is 5.71 Å². The first-order valence-electron chi connectivity index (χ1n) is 10.5. The van der Waals surface area contributed by atoms with E-state index in [4.69, 9.17) is 0 Å². The van der Waals surface area contributed by atoms with Crippen LogP contribution in [0.4, 0.5) is 5.13 Å². The molecule has 32 heavy (non-hydrogen) atoms. The highest BCUT2D eigenvalue weighted by Crippen LogP contribution is 2.29. The first kappa shape index (κ1) is 22.6. The van der Waals surface area contributed by atoms with E-state index < -0.39 is 21.8 Å². The maximum absolute atomic E-state index is 12.7. The molecule has 0 aliphatic carbocycles. The van der Waals surface area contributed by atoms with E-state index in [1.54, 1.807) is 0 Å². The van der Waals surface area contributed by atoms with Crippen molar-refractivity contribution in [2.45, 2.75) is 51.5 Å². The number of sulfone groups is 1. The molecule has 1 aromatic carbocycles. The number of nitrogens with one attached hydrogen (secondary N) is 1. The molecule has 170 valence electrons. The molecule has 1 saturated heterocycles. The van der Waals surface area contributed by atoms with Gasteiger partial charge in [0.2, 0.25) is 5.91 Å². The molecule has 2 aliphatic rings. The van der Waals surface area contributed by atoms with Crippen molar-refractivity contribution in [1.82, 2.24) is 9.99 Å². The van der Waals surface area contributed by atoms with Crippen LogP contribution in [0.15, 0.2) is 34.7 Å². The number of rotatable bonds is 4. The van der Waals surface area contributed by atoms with Gasteiger partial charge in [0.25, 0.3) is 5.91 Å². The van der Waals surface area contributed by atoms with Crippen molar-refractivity contribution >= 4 is 43.8 Å². The van der Waals surface area contributed by atoms with Crippen molar-refractivity contribution in [2.24, 2.45) is 5.10 Å². The number of hydrazone groups is 1. The van der Waals surface area contributed by atoms with Crippen LogP contribution in [0.25, 0.3) is 11.3 Å². The fraction of sp³-hybridized carbons (Fsp3) is 0.455. The normalized spacial score (nSPS) is 20.8. The smallest absolute Gasteiger partial charge is 0.273 e. The number of carbonyl (C=O) groups is 2. The first-order valence-corrected chi connectivity index (χ1v) is 13.2. The summed E-state index contributed by atoms with van der Waals surface area (Å²) in [6.45, 7) is 6.48. The van der Waals surface area contributed by atoms with Crippen molar-refractivity contribution in [3.05, 3.63) is 35.2 Å². The zero-order chi connectivity index (χ0) is 23.1. The quantitative estimate of drug-likeness (QED) is 0.732. The summed E-state index contributed by atoms with van der Waals surface area (Å²) in [5, 5.41) is 10.5. The largest absolute Gasteiger partial charge is 0.297 e. The Bertz CT molecular complexity index is 1180. The number of hydrogen-bond acceptors (Lipinski definition) is 7. The summed E-state index contributed by atoms with van der Waals surface area (Å²) < 4.78 is 23.5. The molecule has 1 N–H and O–H groups in total. The SMILES string of the molecule is CC(C)(C)c1ccc(-c2csc(NC(=O)C3=NN(C4CCS(=O)(=O)C4)C(=O)CC3)n2)cc1. The van der Waals surface area contributed by atoms with E-state index >= 15 is 0 Å². The minimum absolute atomic E-state index is 0.0388. The molecule has 0 spiro atoms. The molecule has 2 aromatic rings. The maximum atomic E-state index is 12.7. The summed E-state index contributed by atoms with van der Waals surface area (Å²) in [6, 6.07) is 7.70. The van der Waals surface area contributed by atoms with Crippen LogP contribution in [0.3, 0.4) is 0 Å². The van der Waals surface area contributed by atoms with E-state index in [0.29, 0.717) is 11.6 Å². The fourth-order valence-corrected chi connectivity index (χ4v) is 6.17. The first-order chi connectivity index (χ1) is 15.0. The third-order valence-corrected chi connectivity index (χ3v) is 8.16. The second-order valence-electron chi connectivity index (χ2n) is 9.16. The lowest BCUT2D eigenvalue weighted by atomic mass is 9.86. The zero-order valence-electron chi connectivity index (χ0n) is 18.3. The van der Waals surface area contributed by atoms with Gasteiger partial charge in [0, 0.05) is 23.8 Å². The Labute approximate surface area is 191 Å². The lowest BCUT2D eigenvalue weighted by molar-refractivity contribution is -0.133. The monoisotopic (exact) mass is 474 g/mol. The van der Waals surface area contributed by atoms with Crippen LogP contribution in [0.5, 0.6) is 0 Å². The second kappa shape index (κ2) is 8.40. The molecule has 2 aliphatic heterocycles. The van der Waals surface area contributed by atoms with Crippen molar-refractivity contribution in [3.63, 3.8) is 0 Å². The van der Waals surface area contributed by atoms with Crippen molar-refractivity contribution < 1.29 is 18.0 Å². The Hall–Kier alpha value is -2.59. The van der Waals surface area contributed by atoms with Gasteiger partial charge in [-0.15, -0.1) is 11.3 Å². The van der Waals surface area contributed by atoms with Crippen LogP contribution in [-0.4, -0.2) is 53.5 Å². The predicted molar refractivity (Wildman–Crippen MR) is 125 cm³/mol. The van der Waals surface area contributed by atoms with Crippen LogP contribution in [0.1, 0.15) is 45.6 Å². The van der Waals surface area contributed by atoms with E-state index in [-0.39, 0.29) is 41.4 Å². The number of carbonyl (C=O) groups excluding carboxylic acids is 2. The van der Waals surface area contributed by atoms with Crippen LogP contribution < -0.4 is 5.32 Å². The van der Waals surface area contributed by atoms with Gasteiger partial charge in [-0.25, -0.2) is 18.4 Å². The third kappa shape index (κ3) is 4.91. The van der Waals surface area contributed by atoms with E-state index in [1.807, 2.05) is 17.5 Å². The number of amides is 2. The maximum Gasteiger partial charge on any atom is 0.273 e. The van der Waals surface area contributed by atoms with Crippen LogP contribution in [0, 0.1) is 0 Å². The molecule has 3 heterocycles. The fourth-order valence-electron chi connectivity index (χ4n) is 3.76. The lowest BCUT2D eigenvalue weighted by Gasteiger charge is -2.27. The highest BCUT2D eigenvalue weighted by molar-refractivity contribution is 7.91. The number of aromatic nitrogens is 1. The Morgan fingerprint density at radius 2 is 1.91 bits per heavy atom. The molecule has 2 amide bonds. The molecule has 4 rings (SSSR count). The van der Waals surface area contributed by atoms with Gasteiger partial charge >= 0.3 is 0 Å². The van der Waals surface area contributed by atoms with Gasteiger partial charge in [-0.1, -0.05) is 45.0 Å². The minimum atomic E-state index is -3.16. The highest BCUT2D eigenvalue weighted by atomic mass is 32.2. The van der Waals surface area contributed by atoms with Crippen molar-refractivity contribution in [3.8, 4) is 11.3 Å². The zero-order valence-corrected chi connectivity index (χ0v) is 19.9. The van der Waals surface area contributed by atoms with Gasteiger partial charge in [-0.2, -0.15) is 5.10 Å². The minimum Gasteiger partial charge on any atom is -0.297 e. The van der Waals surface area contributed by atoms with Crippen LogP contribution in [-0.2, 0) is 24.8 Å². The van der Waals surface area contributed by atoms with Crippen molar-refractivity contribution in [1.29, 1.82) is 0 Å². The Kier molecular flexibility index (Phi) is 5.93. The second-order valence-corrected chi connectivity index (χ2v) is 12.2. The van der Waals surface area contributed by atoms with Crippen molar-refractivity contribution in [2.75, 3.05) is 16.8 Å². The summed E-state index contributed by atoms with van der Waals surface area (Å²) in [5.41, 5.74) is 3.24. The van der Waals surface area contributed by atoms with E-state index in [0.717, 1.165) is 11.3 Å². The summed E-state index contributed by atoms with van der Waals surface area (Å²) in [6.07, 6.45) is 0.690. The van der Waals surface area contributed by atoms with E-state index in [1.165, 1.54) is 21.9 Å². The van der Waals surface area contributed by atoms with E-state index in [9.17, 15) is 18.0 Å². The number of hydrogen-bond donors (Lipinski definition) is 1. The standard InChI is InChI=1S/C22H26N4O4S2/c1-22(2,3)15-6-4-14(5-7-15)18-12-31-21(23-18)24-20(28)17-8-9-19(27)26(25-17)16-10-11-32(29,30)13-16/h4-7,12,16H,8-11,13H2,1-3H3,(H,23,24,28).